The van der Waals surface area contributed by atoms with Crippen LogP contribution in [0.3, 0.4) is 0 Å². The van der Waals surface area contributed by atoms with Gasteiger partial charge in [0.2, 0.25) is 5.91 Å². The van der Waals surface area contributed by atoms with E-state index in [0.29, 0.717) is 18.0 Å². The smallest absolute Gasteiger partial charge is 0.222 e. The summed E-state index contributed by atoms with van der Waals surface area (Å²) in [6.45, 7) is 1.03. The van der Waals surface area contributed by atoms with Gasteiger partial charge < -0.3 is 10.6 Å². The van der Waals surface area contributed by atoms with Crippen molar-refractivity contribution in [1.82, 2.24) is 4.90 Å². The third-order valence-electron chi connectivity index (χ3n) is 5.99. The average Bonchev–Trinajstić information content (AvgIpc) is 2.90. The molecule has 0 spiro atoms. The van der Waals surface area contributed by atoms with Gasteiger partial charge in [0, 0.05) is 25.0 Å². The third kappa shape index (κ3) is 3.19. The Morgan fingerprint density at radius 2 is 1.75 bits per heavy atom. The first-order chi connectivity index (χ1) is 9.74. The van der Waals surface area contributed by atoms with E-state index in [1.807, 2.05) is 0 Å². The number of nitrogens with two attached hydrogens (primary N) is 1. The molecule has 0 aromatic heterocycles. The van der Waals surface area contributed by atoms with Crippen LogP contribution in [0.5, 0.6) is 0 Å². The standard InChI is InChI=1S/C17H30N2O/c18-15-8-5-13(6-9-15)7-10-17(20)19-12-11-14-3-1-2-4-16(14)19/h13-16H,1-12,18H2. The van der Waals surface area contributed by atoms with Crippen LogP contribution in [0.2, 0.25) is 0 Å². The molecule has 3 aliphatic rings. The Bertz CT molecular complexity index is 336. The maximum Gasteiger partial charge on any atom is 0.222 e. The van der Waals surface area contributed by atoms with Gasteiger partial charge in [-0.1, -0.05) is 12.8 Å². The van der Waals surface area contributed by atoms with Crippen molar-refractivity contribution in [2.24, 2.45) is 17.6 Å². The molecule has 2 atom stereocenters. The number of carbonyl (C=O) groups is 1. The minimum atomic E-state index is 0.420. The molecule has 2 aliphatic carbocycles. The van der Waals surface area contributed by atoms with Crippen molar-refractivity contribution in [2.45, 2.75) is 82.7 Å². The molecule has 3 rings (SSSR count). The Hall–Kier alpha value is -0.570. The Labute approximate surface area is 123 Å². The summed E-state index contributed by atoms with van der Waals surface area (Å²) in [7, 11) is 0. The highest BCUT2D eigenvalue weighted by Gasteiger charge is 2.37. The fourth-order valence-electron chi connectivity index (χ4n) is 4.66. The van der Waals surface area contributed by atoms with Gasteiger partial charge >= 0.3 is 0 Å². The van der Waals surface area contributed by atoms with Crippen LogP contribution in [-0.2, 0) is 4.79 Å². The maximum absolute atomic E-state index is 12.5. The normalized spacial score (nSPS) is 37.8. The molecule has 3 nitrogen and oxygen atoms in total. The minimum Gasteiger partial charge on any atom is -0.339 e. The predicted molar refractivity (Wildman–Crippen MR) is 81.2 cm³/mol. The summed E-state index contributed by atoms with van der Waals surface area (Å²) in [5.74, 6) is 2.01. The fraction of sp³-hybridized carbons (Fsp3) is 0.941. The first-order valence-corrected chi connectivity index (χ1v) is 8.79. The first-order valence-electron chi connectivity index (χ1n) is 8.79. The Balaban J connectivity index is 1.45. The Morgan fingerprint density at radius 3 is 2.55 bits per heavy atom. The second kappa shape index (κ2) is 6.46. The van der Waals surface area contributed by atoms with Crippen molar-refractivity contribution in [2.75, 3.05) is 6.54 Å². The number of likely N-dealkylation sites (tertiary alicyclic amines) is 1. The summed E-state index contributed by atoms with van der Waals surface area (Å²) in [5, 5.41) is 0. The van der Waals surface area contributed by atoms with Crippen molar-refractivity contribution in [3.8, 4) is 0 Å². The van der Waals surface area contributed by atoms with E-state index < -0.39 is 0 Å². The molecule has 3 fully saturated rings. The van der Waals surface area contributed by atoms with Gasteiger partial charge in [-0.15, -0.1) is 0 Å². The second-order valence-corrected chi connectivity index (χ2v) is 7.31. The third-order valence-corrected chi connectivity index (χ3v) is 5.99. The molecule has 0 aromatic carbocycles. The van der Waals surface area contributed by atoms with E-state index in [9.17, 15) is 4.79 Å². The van der Waals surface area contributed by atoms with Crippen LogP contribution in [0.1, 0.15) is 70.6 Å². The number of carbonyl (C=O) groups excluding carboxylic acids is 1. The van der Waals surface area contributed by atoms with Crippen molar-refractivity contribution < 1.29 is 4.79 Å². The molecular formula is C17H30N2O. The van der Waals surface area contributed by atoms with Crippen LogP contribution >= 0.6 is 0 Å². The van der Waals surface area contributed by atoms with Crippen LogP contribution in [-0.4, -0.2) is 29.4 Å². The van der Waals surface area contributed by atoms with Crippen LogP contribution in [0.4, 0.5) is 0 Å². The Morgan fingerprint density at radius 1 is 1.00 bits per heavy atom. The molecular weight excluding hydrogens is 248 g/mol. The van der Waals surface area contributed by atoms with E-state index in [2.05, 4.69) is 4.90 Å². The van der Waals surface area contributed by atoms with E-state index >= 15 is 0 Å². The molecule has 1 amide bonds. The van der Waals surface area contributed by atoms with Crippen LogP contribution < -0.4 is 5.73 Å². The summed E-state index contributed by atoms with van der Waals surface area (Å²) < 4.78 is 0. The Kier molecular flexibility index (Phi) is 4.65. The van der Waals surface area contributed by atoms with Crippen LogP contribution in [0, 0.1) is 11.8 Å². The van der Waals surface area contributed by atoms with Crippen molar-refractivity contribution >= 4 is 5.91 Å². The average molecular weight is 278 g/mol. The highest BCUT2D eigenvalue weighted by atomic mass is 16.2. The molecule has 3 heteroatoms. The molecule has 1 aliphatic heterocycles. The molecule has 114 valence electrons. The van der Waals surface area contributed by atoms with Crippen LogP contribution in [0.15, 0.2) is 0 Å². The van der Waals surface area contributed by atoms with Gasteiger partial charge in [0.25, 0.3) is 0 Å². The molecule has 20 heavy (non-hydrogen) atoms. The van der Waals surface area contributed by atoms with Gasteiger partial charge in [-0.05, 0) is 63.2 Å². The second-order valence-electron chi connectivity index (χ2n) is 7.31. The van der Waals surface area contributed by atoms with E-state index in [4.69, 9.17) is 5.73 Å². The van der Waals surface area contributed by atoms with Gasteiger partial charge in [0.15, 0.2) is 0 Å². The molecule has 2 saturated carbocycles. The highest BCUT2D eigenvalue weighted by molar-refractivity contribution is 5.76. The zero-order valence-electron chi connectivity index (χ0n) is 12.7. The summed E-state index contributed by atoms with van der Waals surface area (Å²) in [6, 6.07) is 1.01. The number of hydrogen-bond acceptors (Lipinski definition) is 2. The largest absolute Gasteiger partial charge is 0.339 e. The van der Waals surface area contributed by atoms with Crippen molar-refractivity contribution in [1.29, 1.82) is 0 Å². The molecule has 0 bridgehead atoms. The SMILES string of the molecule is NC1CCC(CCC(=O)N2CCC3CCCCC32)CC1. The van der Waals surface area contributed by atoms with Crippen molar-refractivity contribution in [3.05, 3.63) is 0 Å². The number of amides is 1. The first kappa shape index (κ1) is 14.4. The topological polar surface area (TPSA) is 46.3 Å². The van der Waals surface area contributed by atoms with E-state index in [1.54, 1.807) is 0 Å². The maximum atomic E-state index is 12.5. The van der Waals surface area contributed by atoms with Crippen LogP contribution in [0.25, 0.3) is 0 Å². The lowest BCUT2D eigenvalue weighted by molar-refractivity contribution is -0.133. The molecule has 2 unspecified atom stereocenters. The van der Waals surface area contributed by atoms with E-state index in [0.717, 1.165) is 44.1 Å². The zero-order chi connectivity index (χ0) is 13.9. The number of hydrogen-bond donors (Lipinski definition) is 1. The van der Waals surface area contributed by atoms with Gasteiger partial charge in [0.1, 0.15) is 0 Å². The van der Waals surface area contributed by atoms with E-state index in [-0.39, 0.29) is 0 Å². The lowest BCUT2D eigenvalue weighted by Crippen LogP contribution is -2.39. The number of fused-ring (bicyclic) bond motifs is 1. The lowest BCUT2D eigenvalue weighted by Gasteiger charge is -2.32. The van der Waals surface area contributed by atoms with E-state index in [1.165, 1.54) is 44.9 Å². The fourth-order valence-corrected chi connectivity index (χ4v) is 4.66. The minimum absolute atomic E-state index is 0.420. The van der Waals surface area contributed by atoms with Gasteiger partial charge in [-0.3, -0.25) is 4.79 Å². The lowest BCUT2D eigenvalue weighted by atomic mass is 9.83. The predicted octanol–water partition coefficient (Wildman–Crippen LogP) is 3.08. The quantitative estimate of drug-likeness (QED) is 0.862. The molecule has 2 N–H and O–H groups in total. The highest BCUT2D eigenvalue weighted by Crippen LogP contribution is 2.37. The van der Waals surface area contributed by atoms with Gasteiger partial charge in [-0.2, -0.15) is 0 Å². The molecule has 1 heterocycles. The summed E-state index contributed by atoms with van der Waals surface area (Å²) in [5.41, 5.74) is 5.95. The summed E-state index contributed by atoms with van der Waals surface area (Å²) >= 11 is 0. The number of nitrogens with zero attached hydrogens (tertiary/aromatic N) is 1. The van der Waals surface area contributed by atoms with Crippen molar-refractivity contribution in [3.63, 3.8) is 0 Å². The molecule has 0 radical (unpaired) electrons. The summed E-state index contributed by atoms with van der Waals surface area (Å²) in [4.78, 5) is 14.7. The zero-order valence-corrected chi connectivity index (χ0v) is 12.7. The van der Waals surface area contributed by atoms with Gasteiger partial charge in [-0.25, -0.2) is 0 Å². The number of rotatable bonds is 3. The van der Waals surface area contributed by atoms with Gasteiger partial charge in [0.05, 0.1) is 0 Å². The monoisotopic (exact) mass is 278 g/mol. The molecule has 1 saturated heterocycles. The summed E-state index contributed by atoms with van der Waals surface area (Å²) in [6.07, 6.45) is 13.2. The molecule has 0 aromatic rings.